The first kappa shape index (κ1) is 27.4. The average molecular weight is 509 g/mol. The number of rotatable bonds is 8. The Hall–Kier alpha value is -3.23. The Labute approximate surface area is 219 Å². The maximum absolute atomic E-state index is 12.4. The summed E-state index contributed by atoms with van der Waals surface area (Å²) in [6.45, 7) is 7.07. The minimum absolute atomic E-state index is 0.0211. The summed E-state index contributed by atoms with van der Waals surface area (Å²) in [6, 6.07) is 14.1. The quantitative estimate of drug-likeness (QED) is 0.396. The summed E-state index contributed by atoms with van der Waals surface area (Å²) in [4.78, 5) is 19.6. The smallest absolute Gasteiger partial charge is 0.256 e. The third kappa shape index (κ3) is 7.38. The fraction of sp³-hybridized carbons (Fsp3) is 0.357. The third-order valence-electron chi connectivity index (χ3n) is 5.94. The van der Waals surface area contributed by atoms with Crippen LogP contribution in [0.4, 0.5) is 0 Å². The number of ether oxygens (including phenoxy) is 1. The molecule has 0 aliphatic carbocycles. The van der Waals surface area contributed by atoms with Crippen LogP contribution in [0.15, 0.2) is 63.0 Å². The van der Waals surface area contributed by atoms with Gasteiger partial charge in [0, 0.05) is 30.6 Å². The van der Waals surface area contributed by atoms with Crippen LogP contribution in [0.5, 0.6) is 5.75 Å². The van der Waals surface area contributed by atoms with Crippen LogP contribution in [-0.2, 0) is 13.0 Å². The Balaban J connectivity index is 0.000000275. The number of thiol groups is 1. The first-order valence-corrected chi connectivity index (χ1v) is 12.5. The highest BCUT2D eigenvalue weighted by Gasteiger charge is 2.15. The van der Waals surface area contributed by atoms with Crippen molar-refractivity contribution in [2.45, 2.75) is 31.7 Å². The Morgan fingerprint density at radius 1 is 1.19 bits per heavy atom. The molecule has 0 saturated carbocycles. The molecule has 4 rings (SSSR count). The van der Waals surface area contributed by atoms with E-state index in [1.807, 2.05) is 40.1 Å². The molecule has 1 aliphatic rings. The van der Waals surface area contributed by atoms with E-state index in [4.69, 9.17) is 9.15 Å². The fourth-order valence-electron chi connectivity index (χ4n) is 3.83. The van der Waals surface area contributed by atoms with Crippen LogP contribution in [0.25, 0.3) is 0 Å². The lowest BCUT2D eigenvalue weighted by molar-refractivity contribution is 0.0796. The van der Waals surface area contributed by atoms with Gasteiger partial charge in [0.1, 0.15) is 23.6 Å². The van der Waals surface area contributed by atoms with Gasteiger partial charge in [0.25, 0.3) is 5.91 Å². The van der Waals surface area contributed by atoms with Crippen molar-refractivity contribution < 1.29 is 13.9 Å². The number of methoxy groups -OCH3 is 1. The highest BCUT2D eigenvalue weighted by molar-refractivity contribution is 7.80. The average Bonchev–Trinajstić information content (AvgIpc) is 3.59. The predicted octanol–water partition coefficient (Wildman–Crippen LogP) is 4.26. The Morgan fingerprint density at radius 2 is 1.89 bits per heavy atom. The topological polar surface area (TPSA) is 79.1 Å². The number of likely N-dealkylation sites (N-methyl/N-ethyl adjacent to an activating group) is 1. The summed E-state index contributed by atoms with van der Waals surface area (Å²) in [5.74, 6) is 2.61. The van der Waals surface area contributed by atoms with Crippen molar-refractivity contribution in [3.05, 3.63) is 82.3 Å². The number of nitrogens with one attached hydrogen (secondary N) is 2. The van der Waals surface area contributed by atoms with Crippen molar-refractivity contribution in [1.82, 2.24) is 15.5 Å². The highest BCUT2D eigenvalue weighted by Crippen LogP contribution is 2.23. The summed E-state index contributed by atoms with van der Waals surface area (Å²) in [6.07, 6.45) is 2.33. The van der Waals surface area contributed by atoms with Crippen molar-refractivity contribution in [2.75, 3.05) is 40.8 Å². The van der Waals surface area contributed by atoms with Crippen LogP contribution in [0.1, 0.15) is 38.4 Å². The number of aryl methyl sites for hydroxylation is 2. The van der Waals surface area contributed by atoms with E-state index in [2.05, 4.69) is 52.5 Å². The molecule has 3 aromatic rings. The minimum atomic E-state index is -0.0211. The second-order valence-corrected chi connectivity index (χ2v) is 9.22. The van der Waals surface area contributed by atoms with E-state index >= 15 is 0 Å². The number of furan rings is 1. The number of amides is 1. The Morgan fingerprint density at radius 3 is 2.47 bits per heavy atom. The number of nitrogens with zero attached hydrogens (tertiary/aromatic N) is 2. The molecule has 0 unspecified atom stereocenters. The van der Waals surface area contributed by atoms with Gasteiger partial charge in [-0.2, -0.15) is 0 Å². The predicted molar refractivity (Wildman–Crippen MR) is 148 cm³/mol. The molecule has 0 saturated heterocycles. The number of aliphatic imine (C=N–C) groups is 1. The van der Waals surface area contributed by atoms with E-state index in [-0.39, 0.29) is 5.91 Å². The molecule has 7 nitrogen and oxygen atoms in total. The zero-order chi connectivity index (χ0) is 26.1. The lowest BCUT2D eigenvalue weighted by atomic mass is 10.1. The summed E-state index contributed by atoms with van der Waals surface area (Å²) < 4.78 is 10.5. The van der Waals surface area contributed by atoms with Crippen molar-refractivity contribution in [1.29, 1.82) is 0 Å². The number of hydrogen-bond acceptors (Lipinski definition) is 7. The molecule has 1 aromatic heterocycles. The van der Waals surface area contributed by atoms with Gasteiger partial charge < -0.3 is 24.7 Å². The monoisotopic (exact) mass is 508 g/mol. The number of amidine groups is 1. The van der Waals surface area contributed by atoms with Gasteiger partial charge in [0.2, 0.25) is 0 Å². The number of benzene rings is 2. The molecule has 1 amide bonds. The molecule has 0 atom stereocenters. The van der Waals surface area contributed by atoms with Crippen LogP contribution < -0.4 is 15.4 Å². The van der Waals surface area contributed by atoms with E-state index in [0.29, 0.717) is 18.7 Å². The van der Waals surface area contributed by atoms with Crippen molar-refractivity contribution in [3.8, 4) is 5.75 Å². The van der Waals surface area contributed by atoms with E-state index in [9.17, 15) is 4.79 Å². The van der Waals surface area contributed by atoms with Crippen LogP contribution in [0.3, 0.4) is 0 Å². The Kier molecular flexibility index (Phi) is 10.0. The van der Waals surface area contributed by atoms with Gasteiger partial charge in [0.05, 0.1) is 25.8 Å². The lowest BCUT2D eigenvalue weighted by Crippen LogP contribution is -2.28. The minimum Gasteiger partial charge on any atom is -0.497 e. The molecule has 2 N–H and O–H groups in total. The highest BCUT2D eigenvalue weighted by atomic mass is 32.1. The van der Waals surface area contributed by atoms with E-state index < -0.39 is 0 Å². The van der Waals surface area contributed by atoms with Crippen LogP contribution in [0, 0.1) is 13.8 Å². The summed E-state index contributed by atoms with van der Waals surface area (Å²) in [5, 5.41) is 6.28. The largest absolute Gasteiger partial charge is 0.497 e. The van der Waals surface area contributed by atoms with Gasteiger partial charge in [-0.25, -0.2) is 0 Å². The van der Waals surface area contributed by atoms with Crippen LogP contribution >= 0.6 is 12.6 Å². The lowest BCUT2D eigenvalue weighted by Gasteiger charge is -2.16. The molecule has 36 heavy (non-hydrogen) atoms. The van der Waals surface area contributed by atoms with Crippen LogP contribution in [-0.4, -0.2) is 57.5 Å². The molecule has 8 heteroatoms. The van der Waals surface area contributed by atoms with E-state index in [1.54, 1.807) is 18.1 Å². The van der Waals surface area contributed by atoms with Crippen LogP contribution in [0.2, 0.25) is 0 Å². The van der Waals surface area contributed by atoms with E-state index in [1.165, 1.54) is 11.8 Å². The maximum Gasteiger partial charge on any atom is 0.256 e. The third-order valence-corrected chi connectivity index (χ3v) is 6.64. The van der Waals surface area contributed by atoms with Gasteiger partial charge >= 0.3 is 0 Å². The number of hydrogen-bond donors (Lipinski definition) is 3. The summed E-state index contributed by atoms with van der Waals surface area (Å²) >= 11 is 4.34. The molecule has 0 spiro atoms. The molecule has 192 valence electrons. The van der Waals surface area contributed by atoms with Gasteiger partial charge in [0.15, 0.2) is 0 Å². The molecule has 2 aromatic carbocycles. The van der Waals surface area contributed by atoms with Gasteiger partial charge in [-0.15, -0.1) is 12.6 Å². The molecule has 0 radical (unpaired) electrons. The summed E-state index contributed by atoms with van der Waals surface area (Å²) in [5.41, 5.74) is 5.22. The first-order chi connectivity index (χ1) is 17.3. The fourth-order valence-corrected chi connectivity index (χ4v) is 3.96. The zero-order valence-corrected chi connectivity index (χ0v) is 22.6. The van der Waals surface area contributed by atoms with Gasteiger partial charge in [-0.3, -0.25) is 9.79 Å². The molecular weight excluding hydrogens is 472 g/mol. The van der Waals surface area contributed by atoms with Gasteiger partial charge in [-0.05, 0) is 62.2 Å². The summed E-state index contributed by atoms with van der Waals surface area (Å²) in [7, 11) is 5.34. The number of carbonyl (C=O) groups excluding carboxylic acids is 1. The SMILES string of the molecule is CNCc1cc(C(=O)N(C)CCc2ccc(C3=NCCN3)cc2)co1.COc1cc(C)c(S)c(C)c1. The van der Waals surface area contributed by atoms with Crippen molar-refractivity contribution in [3.63, 3.8) is 0 Å². The normalized spacial score (nSPS) is 12.3. The molecule has 2 heterocycles. The molecule has 0 fully saturated rings. The van der Waals surface area contributed by atoms with E-state index in [0.717, 1.165) is 58.4 Å². The second-order valence-electron chi connectivity index (χ2n) is 8.77. The second kappa shape index (κ2) is 13.2. The first-order valence-electron chi connectivity index (χ1n) is 12.0. The van der Waals surface area contributed by atoms with Crippen molar-refractivity contribution >= 4 is 24.4 Å². The molecule has 0 bridgehead atoms. The Bertz CT molecular complexity index is 1160. The number of carbonyl (C=O) groups is 1. The standard InChI is InChI=1S/C19H24N4O2.C9H12OS/c1-20-12-17-11-16(13-25-17)19(24)23(2)10-7-14-3-5-15(6-4-14)18-21-8-9-22-18;1-6-4-8(10-3)5-7(2)9(6)11/h3-6,11,13,20H,7-10,12H2,1-2H3,(H,21,22);4-5,11H,1-3H3. The molecular formula is C28H36N4O3S. The molecule has 1 aliphatic heterocycles. The zero-order valence-electron chi connectivity index (χ0n) is 21.7. The van der Waals surface area contributed by atoms with Crippen molar-refractivity contribution in [2.24, 2.45) is 4.99 Å². The van der Waals surface area contributed by atoms with Gasteiger partial charge in [-0.1, -0.05) is 24.3 Å². The maximum atomic E-state index is 12.4.